The molecule has 0 spiro atoms. The summed E-state index contributed by atoms with van der Waals surface area (Å²) in [5.41, 5.74) is 1.39. The number of aromatic amines is 2. The molecule has 3 heterocycles. The lowest BCUT2D eigenvalue weighted by molar-refractivity contribution is -0.148. The Bertz CT molecular complexity index is 2430. The van der Waals surface area contributed by atoms with Crippen molar-refractivity contribution in [2.45, 2.75) is 118 Å². The Hall–Kier alpha value is -6.06. The summed E-state index contributed by atoms with van der Waals surface area (Å²) in [6, 6.07) is 10.6. The standard InChI is InChI=1S/C48H64N10O6/c1-43(2,3)35(55-39(59)47(9,45(7)19-20-45)63-41(61)57(11)12)37-51-29-17-15-27(23-31(29)53-37)33-25-50-34(26-49-33)28-16-18-30-32(24-28)54-38(52-30)36(44(4,5)6)56-40(60)48(10,46(8)21-22-46)64-42(62)58(13)14/h15-18,23-26,35-36H,19-22H2,1-14H3,(H,51,53)(H,52,54)(H,55,59)(H,56,60)/t35-,36-,47+,48+/m1/s1. The third kappa shape index (κ3) is 8.62. The van der Waals surface area contributed by atoms with Gasteiger partial charge >= 0.3 is 12.2 Å². The molecule has 2 fully saturated rings. The van der Waals surface area contributed by atoms with Crippen molar-refractivity contribution in [1.29, 1.82) is 0 Å². The SMILES string of the molecule is CN(C)C(=O)O[C@@](C)(C(=O)N[C@H](c1nc2ccc(-c3cnc(-c4ccc5nc([C@@H](NC(=O)[C@](C)(OC(=O)N(C)C)C6(C)CC6)C(C)(C)C)[nH]c5c4)cn3)cc2[nH]1)C(C)(C)C)C1(C)CC1. The fourth-order valence-electron chi connectivity index (χ4n) is 7.95. The molecule has 0 unspecified atom stereocenters. The van der Waals surface area contributed by atoms with E-state index in [4.69, 9.17) is 29.4 Å². The van der Waals surface area contributed by atoms with Crippen molar-refractivity contribution in [3.8, 4) is 22.5 Å². The van der Waals surface area contributed by atoms with Crippen LogP contribution in [0.25, 0.3) is 44.6 Å². The van der Waals surface area contributed by atoms with Gasteiger partial charge in [-0.2, -0.15) is 0 Å². The van der Waals surface area contributed by atoms with E-state index in [9.17, 15) is 19.2 Å². The first kappa shape index (κ1) is 45.9. The minimum atomic E-state index is -1.37. The molecule has 0 aliphatic heterocycles. The number of benzene rings is 2. The summed E-state index contributed by atoms with van der Waals surface area (Å²) < 4.78 is 11.8. The van der Waals surface area contributed by atoms with E-state index in [2.05, 4.69) is 20.6 Å². The van der Waals surface area contributed by atoms with Gasteiger partial charge in [-0.3, -0.25) is 19.6 Å². The second-order valence-corrected chi connectivity index (χ2v) is 21.3. The number of hydrogen-bond acceptors (Lipinski definition) is 10. The van der Waals surface area contributed by atoms with E-state index >= 15 is 0 Å². The highest BCUT2D eigenvalue weighted by Gasteiger charge is 2.62. The van der Waals surface area contributed by atoms with Crippen LogP contribution < -0.4 is 10.6 Å². The molecule has 64 heavy (non-hydrogen) atoms. The monoisotopic (exact) mass is 877 g/mol. The number of imidazole rings is 2. The van der Waals surface area contributed by atoms with Crippen LogP contribution in [-0.4, -0.2) is 103 Å². The van der Waals surface area contributed by atoms with Crippen LogP contribution in [0, 0.1) is 21.7 Å². The molecule has 4 amide bonds. The number of ether oxygens (including phenoxy) is 2. The predicted octanol–water partition coefficient (Wildman–Crippen LogP) is 8.48. The summed E-state index contributed by atoms with van der Waals surface area (Å²) in [4.78, 5) is 82.6. The number of nitrogens with zero attached hydrogens (tertiary/aromatic N) is 6. The lowest BCUT2D eigenvalue weighted by Crippen LogP contribution is -2.56. The fourth-order valence-corrected chi connectivity index (χ4v) is 7.95. The lowest BCUT2D eigenvalue weighted by Gasteiger charge is -2.38. The number of fused-ring (bicyclic) bond motifs is 2. The first-order chi connectivity index (χ1) is 29.7. The molecule has 4 atom stereocenters. The second-order valence-electron chi connectivity index (χ2n) is 21.3. The third-order valence-electron chi connectivity index (χ3n) is 13.6. The average molecular weight is 877 g/mol. The van der Waals surface area contributed by atoms with Crippen LogP contribution in [0.1, 0.15) is 119 Å². The molecule has 4 N–H and O–H groups in total. The summed E-state index contributed by atoms with van der Waals surface area (Å²) >= 11 is 0. The summed E-state index contributed by atoms with van der Waals surface area (Å²) in [6.07, 6.45) is 5.42. The molecule has 0 bridgehead atoms. The number of amides is 4. The summed E-state index contributed by atoms with van der Waals surface area (Å²) in [5.74, 6) is 0.441. The van der Waals surface area contributed by atoms with Crippen molar-refractivity contribution < 1.29 is 28.7 Å². The van der Waals surface area contributed by atoms with E-state index in [0.29, 0.717) is 23.0 Å². The number of carbonyl (C=O) groups excluding carboxylic acids is 4. The molecule has 2 aromatic carbocycles. The number of carbonyl (C=O) groups is 4. The highest BCUT2D eigenvalue weighted by molar-refractivity contribution is 5.90. The third-order valence-corrected chi connectivity index (χ3v) is 13.6. The Morgan fingerprint density at radius 3 is 1.23 bits per heavy atom. The van der Waals surface area contributed by atoms with E-state index in [1.165, 1.54) is 9.80 Å². The van der Waals surface area contributed by atoms with Gasteiger partial charge in [0.2, 0.25) is 0 Å². The molecular weight excluding hydrogens is 813 g/mol. The van der Waals surface area contributed by atoms with E-state index in [0.717, 1.165) is 58.9 Å². The molecule has 2 saturated carbocycles. The number of H-pyrrole nitrogens is 2. The smallest absolute Gasteiger partial charge is 0.410 e. The zero-order chi connectivity index (χ0) is 46.9. The van der Waals surface area contributed by atoms with Gasteiger partial charge in [0.25, 0.3) is 11.8 Å². The van der Waals surface area contributed by atoms with Crippen molar-refractivity contribution in [2.75, 3.05) is 28.2 Å². The molecule has 16 heteroatoms. The van der Waals surface area contributed by atoms with Crippen LogP contribution in [0.15, 0.2) is 48.8 Å². The van der Waals surface area contributed by atoms with Gasteiger partial charge in [0.1, 0.15) is 11.6 Å². The Morgan fingerprint density at radius 2 is 0.953 bits per heavy atom. The summed E-state index contributed by atoms with van der Waals surface area (Å²) in [6.45, 7) is 19.5. The first-order valence-corrected chi connectivity index (χ1v) is 21.9. The van der Waals surface area contributed by atoms with E-state index < -0.39 is 57.1 Å². The molecule has 2 aliphatic rings. The molecule has 5 aromatic rings. The summed E-state index contributed by atoms with van der Waals surface area (Å²) in [7, 11) is 6.40. The van der Waals surface area contributed by atoms with E-state index in [1.54, 1.807) is 54.4 Å². The van der Waals surface area contributed by atoms with Crippen molar-refractivity contribution in [3.63, 3.8) is 0 Å². The van der Waals surface area contributed by atoms with Crippen LogP contribution in [-0.2, 0) is 19.1 Å². The summed E-state index contributed by atoms with van der Waals surface area (Å²) in [5, 5.41) is 6.39. The Kier molecular flexibility index (Phi) is 11.4. The van der Waals surface area contributed by atoms with Gasteiger partial charge in [0.05, 0.1) is 57.9 Å². The topological polar surface area (TPSA) is 200 Å². The average Bonchev–Trinajstić information content (AvgIpc) is 4.07. The van der Waals surface area contributed by atoms with Gasteiger partial charge in [-0.05, 0) is 74.6 Å². The quantitative estimate of drug-likeness (QED) is 0.0942. The van der Waals surface area contributed by atoms with Gasteiger partial charge < -0.3 is 39.9 Å². The molecule has 0 radical (unpaired) electrons. The van der Waals surface area contributed by atoms with Crippen molar-refractivity contribution in [3.05, 3.63) is 60.4 Å². The van der Waals surface area contributed by atoms with Crippen LogP contribution in [0.2, 0.25) is 0 Å². The molecular formula is C48H64N10O6. The van der Waals surface area contributed by atoms with Crippen LogP contribution in [0.4, 0.5) is 9.59 Å². The van der Waals surface area contributed by atoms with Gasteiger partial charge in [0.15, 0.2) is 11.2 Å². The predicted molar refractivity (Wildman–Crippen MR) is 245 cm³/mol. The van der Waals surface area contributed by atoms with Gasteiger partial charge in [0, 0.05) is 50.1 Å². The lowest BCUT2D eigenvalue weighted by atomic mass is 9.83. The number of aromatic nitrogens is 6. The highest BCUT2D eigenvalue weighted by Crippen LogP contribution is 2.57. The van der Waals surface area contributed by atoms with Crippen molar-refractivity contribution in [1.82, 2.24) is 50.3 Å². The van der Waals surface area contributed by atoms with Crippen LogP contribution in [0.5, 0.6) is 0 Å². The largest absolute Gasteiger partial charge is 0.432 e. The minimum Gasteiger partial charge on any atom is -0.432 e. The fraction of sp³-hybridized carbons (Fsp3) is 0.542. The maximum absolute atomic E-state index is 14.1. The molecule has 16 nitrogen and oxygen atoms in total. The molecule has 3 aromatic heterocycles. The van der Waals surface area contributed by atoms with Crippen molar-refractivity contribution >= 4 is 46.1 Å². The molecule has 2 aliphatic carbocycles. The van der Waals surface area contributed by atoms with E-state index in [-0.39, 0.29) is 11.8 Å². The molecule has 7 rings (SSSR count). The zero-order valence-electron chi connectivity index (χ0n) is 39.7. The Morgan fingerprint density at radius 1 is 0.609 bits per heavy atom. The minimum absolute atomic E-state index is 0.364. The van der Waals surface area contributed by atoms with Gasteiger partial charge in [-0.25, -0.2) is 19.6 Å². The normalized spacial score (nSPS) is 18.2. The molecule has 342 valence electrons. The number of hydrogen-bond donors (Lipinski definition) is 4. The second kappa shape index (κ2) is 15.9. The number of rotatable bonds is 12. The maximum atomic E-state index is 14.1. The maximum Gasteiger partial charge on any atom is 0.410 e. The number of nitrogens with one attached hydrogen (secondary N) is 4. The van der Waals surface area contributed by atoms with Crippen LogP contribution >= 0.6 is 0 Å². The van der Waals surface area contributed by atoms with E-state index in [1.807, 2.05) is 91.8 Å². The highest BCUT2D eigenvalue weighted by atomic mass is 16.6. The molecule has 0 saturated heterocycles. The first-order valence-electron chi connectivity index (χ1n) is 21.9. The Labute approximate surface area is 375 Å². The van der Waals surface area contributed by atoms with Gasteiger partial charge in [-0.1, -0.05) is 67.5 Å². The van der Waals surface area contributed by atoms with Gasteiger partial charge in [-0.15, -0.1) is 0 Å². The van der Waals surface area contributed by atoms with Crippen LogP contribution in [0.3, 0.4) is 0 Å². The Balaban J connectivity index is 1.10. The zero-order valence-corrected chi connectivity index (χ0v) is 39.7. The van der Waals surface area contributed by atoms with Crippen molar-refractivity contribution in [2.24, 2.45) is 21.7 Å².